The minimum Gasteiger partial charge on any atom is -0.504 e. The van der Waals surface area contributed by atoms with E-state index in [1.54, 1.807) is 36.7 Å². The number of anilines is 2. The van der Waals surface area contributed by atoms with Crippen LogP contribution in [0.3, 0.4) is 0 Å². The predicted octanol–water partition coefficient (Wildman–Crippen LogP) is 1.85. The summed E-state index contributed by atoms with van der Waals surface area (Å²) in [6.45, 7) is 1.54. The number of phenols is 1. The number of piperazine rings is 1. The van der Waals surface area contributed by atoms with E-state index in [1.165, 1.54) is 13.2 Å². The molecule has 0 amide bonds. The average molecular weight is 391 g/mol. The first-order valence-electron chi connectivity index (χ1n) is 9.26. The van der Waals surface area contributed by atoms with E-state index >= 15 is 0 Å². The molecule has 8 nitrogen and oxygen atoms in total. The number of ether oxygens (including phenoxy) is 1. The van der Waals surface area contributed by atoms with Gasteiger partial charge in [0.2, 0.25) is 5.95 Å². The molecule has 2 saturated heterocycles. The maximum atomic E-state index is 12.5. The van der Waals surface area contributed by atoms with E-state index in [1.807, 2.05) is 0 Å². The van der Waals surface area contributed by atoms with E-state index in [2.05, 4.69) is 31.1 Å². The first-order chi connectivity index (χ1) is 14.1. The first kappa shape index (κ1) is 18.6. The number of nitrogens with one attached hydrogen (secondary N) is 1. The number of allylic oxidation sites excluding steroid dienone is 1. The molecule has 29 heavy (non-hydrogen) atoms. The standard InChI is InChI=1S/C21H21N5O3/c1-3-22-19-7-9-23-21(24-19)26-13-14-11-15(26)12-25(14)10-8-17(27)16-5-4-6-18(29-2)20(16)28/h1,4-10,14-15,28H,11-13H2,2H3,(H,22,23,24)/b10-8+/t14-,15-/m1/s1. The largest absolute Gasteiger partial charge is 0.504 e. The Morgan fingerprint density at radius 1 is 1.38 bits per heavy atom. The number of benzene rings is 1. The summed E-state index contributed by atoms with van der Waals surface area (Å²) < 4.78 is 5.06. The molecule has 0 spiro atoms. The summed E-state index contributed by atoms with van der Waals surface area (Å²) >= 11 is 0. The Balaban J connectivity index is 1.42. The van der Waals surface area contributed by atoms with Crippen LogP contribution in [-0.4, -0.2) is 58.0 Å². The summed E-state index contributed by atoms with van der Waals surface area (Å²) in [5.74, 6) is 1.12. The molecule has 3 heterocycles. The molecular weight excluding hydrogens is 370 g/mol. The van der Waals surface area contributed by atoms with Gasteiger partial charge in [0.1, 0.15) is 5.82 Å². The number of terminal acetylenes is 1. The van der Waals surface area contributed by atoms with Crippen molar-refractivity contribution < 1.29 is 14.6 Å². The number of phenolic OH excluding ortho intramolecular Hbond substituents is 1. The number of likely N-dealkylation sites (tertiary alicyclic amines) is 1. The maximum absolute atomic E-state index is 12.5. The fourth-order valence-corrected chi connectivity index (χ4v) is 3.89. The highest BCUT2D eigenvalue weighted by molar-refractivity contribution is 6.06. The van der Waals surface area contributed by atoms with Gasteiger partial charge >= 0.3 is 0 Å². The van der Waals surface area contributed by atoms with Crippen LogP contribution < -0.4 is 15.0 Å². The summed E-state index contributed by atoms with van der Waals surface area (Å²) in [6, 6.07) is 9.50. The normalized spacial score (nSPS) is 20.1. The summed E-state index contributed by atoms with van der Waals surface area (Å²) in [5.41, 5.74) is 0.220. The Labute approximate surface area is 168 Å². The number of nitrogens with zero attached hydrogens (tertiary/aromatic N) is 4. The summed E-state index contributed by atoms with van der Waals surface area (Å²) in [6.07, 6.45) is 11.2. The Kier molecular flexibility index (Phi) is 4.96. The number of hydrogen-bond donors (Lipinski definition) is 2. The lowest BCUT2D eigenvalue weighted by molar-refractivity contribution is 0.104. The van der Waals surface area contributed by atoms with Crippen molar-refractivity contribution in [2.24, 2.45) is 0 Å². The van der Waals surface area contributed by atoms with Crippen molar-refractivity contribution in [1.29, 1.82) is 0 Å². The predicted molar refractivity (Wildman–Crippen MR) is 109 cm³/mol. The average Bonchev–Trinajstić information content (AvgIpc) is 3.33. The van der Waals surface area contributed by atoms with Crippen molar-refractivity contribution in [1.82, 2.24) is 14.9 Å². The van der Waals surface area contributed by atoms with E-state index < -0.39 is 0 Å². The number of methoxy groups -OCH3 is 1. The van der Waals surface area contributed by atoms with Crippen molar-refractivity contribution >= 4 is 17.5 Å². The Morgan fingerprint density at radius 3 is 2.97 bits per heavy atom. The van der Waals surface area contributed by atoms with Gasteiger partial charge in [0.25, 0.3) is 0 Å². The maximum Gasteiger partial charge on any atom is 0.227 e. The molecule has 2 atom stereocenters. The van der Waals surface area contributed by atoms with Gasteiger partial charge < -0.3 is 19.6 Å². The number of carbonyl (C=O) groups is 1. The fraction of sp³-hybridized carbons (Fsp3) is 0.286. The van der Waals surface area contributed by atoms with E-state index in [4.69, 9.17) is 11.2 Å². The lowest BCUT2D eigenvalue weighted by Gasteiger charge is -2.33. The number of fused-ring (bicyclic) bond motifs is 2. The van der Waals surface area contributed by atoms with Crippen molar-refractivity contribution in [3.8, 4) is 24.0 Å². The number of aromatic hydroxyl groups is 1. The molecule has 4 rings (SSSR count). The number of aromatic nitrogens is 2. The number of rotatable bonds is 6. The third-order valence-corrected chi connectivity index (χ3v) is 5.28. The molecule has 2 aliphatic rings. The topological polar surface area (TPSA) is 90.8 Å². The van der Waals surface area contributed by atoms with Gasteiger partial charge in [0.15, 0.2) is 17.3 Å². The van der Waals surface area contributed by atoms with Crippen molar-refractivity contribution in [2.75, 3.05) is 30.4 Å². The number of para-hydroxylation sites is 1. The second-order valence-corrected chi connectivity index (χ2v) is 6.94. The van der Waals surface area contributed by atoms with Crippen LogP contribution in [-0.2, 0) is 0 Å². The lowest BCUT2D eigenvalue weighted by Crippen LogP contribution is -2.44. The minimum atomic E-state index is -0.266. The van der Waals surface area contributed by atoms with Crippen LogP contribution in [0.25, 0.3) is 0 Å². The van der Waals surface area contributed by atoms with Crippen molar-refractivity contribution in [3.05, 3.63) is 48.3 Å². The molecule has 148 valence electrons. The zero-order valence-corrected chi connectivity index (χ0v) is 15.9. The first-order valence-corrected chi connectivity index (χ1v) is 9.26. The zero-order chi connectivity index (χ0) is 20.4. The van der Waals surface area contributed by atoms with Crippen LogP contribution in [0.4, 0.5) is 11.8 Å². The minimum absolute atomic E-state index is 0.142. The van der Waals surface area contributed by atoms with Gasteiger partial charge in [-0.25, -0.2) is 4.98 Å². The third kappa shape index (κ3) is 3.55. The fourth-order valence-electron chi connectivity index (χ4n) is 3.89. The highest BCUT2D eigenvalue weighted by Gasteiger charge is 2.43. The molecular formula is C21H21N5O3. The molecule has 0 saturated carbocycles. The summed E-state index contributed by atoms with van der Waals surface area (Å²) in [4.78, 5) is 25.6. The molecule has 0 aliphatic carbocycles. The molecule has 2 bridgehead atoms. The molecule has 8 heteroatoms. The molecule has 0 radical (unpaired) electrons. The second kappa shape index (κ2) is 7.72. The van der Waals surface area contributed by atoms with Crippen molar-refractivity contribution in [3.63, 3.8) is 0 Å². The number of carbonyl (C=O) groups excluding carboxylic acids is 1. The lowest BCUT2D eigenvalue weighted by atomic mass is 10.1. The summed E-state index contributed by atoms with van der Waals surface area (Å²) in [5, 5.41) is 12.9. The molecule has 2 fully saturated rings. The van der Waals surface area contributed by atoms with E-state index in [0.717, 1.165) is 19.5 Å². The van der Waals surface area contributed by atoms with Gasteiger partial charge in [-0.15, -0.1) is 0 Å². The van der Waals surface area contributed by atoms with Gasteiger partial charge in [-0.2, -0.15) is 4.98 Å². The molecule has 1 aromatic heterocycles. The molecule has 2 N–H and O–H groups in total. The SMILES string of the molecule is C#CNc1ccnc(N2C[C@H]3C[C@@H]2CN3/C=C/C(=O)c2cccc(OC)c2O)n1. The van der Waals surface area contributed by atoms with Gasteiger partial charge in [-0.1, -0.05) is 12.5 Å². The Hall–Kier alpha value is -3.73. The Morgan fingerprint density at radius 2 is 2.24 bits per heavy atom. The van der Waals surface area contributed by atoms with Gasteiger partial charge in [-0.3, -0.25) is 10.1 Å². The van der Waals surface area contributed by atoms with Crippen LogP contribution in [0.2, 0.25) is 0 Å². The molecule has 2 aliphatic heterocycles. The quantitative estimate of drug-likeness (QED) is 0.334. The van der Waals surface area contributed by atoms with Crippen LogP contribution in [0.5, 0.6) is 11.5 Å². The van der Waals surface area contributed by atoms with Crippen LogP contribution >= 0.6 is 0 Å². The second-order valence-electron chi connectivity index (χ2n) is 6.94. The highest BCUT2D eigenvalue weighted by atomic mass is 16.5. The van der Waals surface area contributed by atoms with Crippen LogP contribution in [0.1, 0.15) is 16.8 Å². The van der Waals surface area contributed by atoms with Gasteiger partial charge in [-0.05, 0) is 24.6 Å². The van der Waals surface area contributed by atoms with E-state index in [0.29, 0.717) is 11.8 Å². The van der Waals surface area contributed by atoms with E-state index in [9.17, 15) is 9.90 Å². The third-order valence-electron chi connectivity index (χ3n) is 5.28. The summed E-state index contributed by atoms with van der Waals surface area (Å²) in [7, 11) is 1.45. The highest BCUT2D eigenvalue weighted by Crippen LogP contribution is 2.34. The van der Waals surface area contributed by atoms with Crippen molar-refractivity contribution in [2.45, 2.75) is 18.5 Å². The smallest absolute Gasteiger partial charge is 0.227 e. The number of ketones is 1. The number of hydrogen-bond acceptors (Lipinski definition) is 8. The molecule has 0 unspecified atom stereocenters. The van der Waals surface area contributed by atoms with E-state index in [-0.39, 0.29) is 34.9 Å². The zero-order valence-electron chi connectivity index (χ0n) is 15.9. The van der Waals surface area contributed by atoms with Gasteiger partial charge in [0.05, 0.1) is 18.7 Å². The van der Waals surface area contributed by atoms with Gasteiger partial charge in [0, 0.05) is 43.6 Å². The monoisotopic (exact) mass is 391 g/mol. The molecule has 1 aromatic carbocycles. The molecule has 2 aromatic rings. The van der Waals surface area contributed by atoms with Crippen LogP contribution in [0, 0.1) is 12.5 Å². The van der Waals surface area contributed by atoms with Crippen LogP contribution in [0.15, 0.2) is 42.7 Å². The Bertz CT molecular complexity index is 1000.